The van der Waals surface area contributed by atoms with Gasteiger partial charge in [-0.1, -0.05) is 13.8 Å². The molecule has 0 aliphatic rings. The predicted molar refractivity (Wildman–Crippen MR) is 69.8 cm³/mol. The Morgan fingerprint density at radius 2 is 2.11 bits per heavy atom. The molecule has 1 aromatic rings. The Bertz CT molecular complexity index is 446. The molecule has 1 N–H and O–H groups in total. The summed E-state index contributed by atoms with van der Waals surface area (Å²) in [6, 6.07) is 2.88. The fraction of sp³-hybridized carbons (Fsp3) is 0.462. The van der Waals surface area contributed by atoms with Crippen molar-refractivity contribution in [3.63, 3.8) is 0 Å². The van der Waals surface area contributed by atoms with Crippen LogP contribution >= 0.6 is 15.9 Å². The molecule has 1 rings (SSSR count). The summed E-state index contributed by atoms with van der Waals surface area (Å²) in [5, 5.41) is 9.82. The number of hydrogen-bond donors (Lipinski definition) is 1. The number of esters is 1. The van der Waals surface area contributed by atoms with Gasteiger partial charge in [-0.05, 0) is 52.0 Å². The van der Waals surface area contributed by atoms with Crippen LogP contribution in [0.5, 0.6) is 0 Å². The van der Waals surface area contributed by atoms with Crippen LogP contribution in [-0.4, -0.2) is 17.7 Å². The lowest BCUT2D eigenvalue weighted by molar-refractivity contribution is -0.153. The van der Waals surface area contributed by atoms with Gasteiger partial charge in [-0.2, -0.15) is 0 Å². The Labute approximate surface area is 114 Å². The molecule has 100 valence electrons. The fourth-order valence-corrected chi connectivity index (χ4v) is 2.06. The van der Waals surface area contributed by atoms with Crippen molar-refractivity contribution < 1.29 is 19.0 Å². The Morgan fingerprint density at radius 3 is 2.61 bits per heavy atom. The molecule has 0 aliphatic carbocycles. The zero-order valence-electron chi connectivity index (χ0n) is 10.5. The van der Waals surface area contributed by atoms with Gasteiger partial charge >= 0.3 is 5.97 Å². The van der Waals surface area contributed by atoms with Crippen molar-refractivity contribution in [1.29, 1.82) is 0 Å². The number of halogens is 2. The van der Waals surface area contributed by atoms with E-state index in [0.29, 0.717) is 11.1 Å². The first-order valence-corrected chi connectivity index (χ1v) is 6.51. The Balaban J connectivity index is 3.14. The van der Waals surface area contributed by atoms with E-state index < -0.39 is 12.1 Å². The maximum absolute atomic E-state index is 13.8. The minimum Gasteiger partial charge on any atom is -0.464 e. The highest BCUT2D eigenvalue weighted by molar-refractivity contribution is 9.10. The maximum Gasteiger partial charge on any atom is 0.339 e. The van der Waals surface area contributed by atoms with Gasteiger partial charge in [-0.15, -0.1) is 0 Å². The van der Waals surface area contributed by atoms with Gasteiger partial charge in [0.15, 0.2) is 6.10 Å². The molecule has 18 heavy (non-hydrogen) atoms. The van der Waals surface area contributed by atoms with Crippen molar-refractivity contribution in [2.24, 2.45) is 0 Å². The summed E-state index contributed by atoms with van der Waals surface area (Å²) in [7, 11) is 0. The second-order valence-corrected chi connectivity index (χ2v) is 5.07. The lowest BCUT2D eigenvalue weighted by Gasteiger charge is -2.15. The summed E-state index contributed by atoms with van der Waals surface area (Å²) >= 11 is 3.08. The molecule has 0 heterocycles. The molecular weight excluding hydrogens is 303 g/mol. The molecule has 3 nitrogen and oxygen atoms in total. The van der Waals surface area contributed by atoms with E-state index in [2.05, 4.69) is 15.9 Å². The first-order valence-electron chi connectivity index (χ1n) is 5.72. The summed E-state index contributed by atoms with van der Waals surface area (Å²) < 4.78 is 18.8. The molecule has 1 unspecified atom stereocenters. The van der Waals surface area contributed by atoms with Gasteiger partial charge in [0.25, 0.3) is 0 Å². The van der Waals surface area contributed by atoms with Crippen molar-refractivity contribution in [2.75, 3.05) is 6.61 Å². The van der Waals surface area contributed by atoms with Crippen molar-refractivity contribution in [3.8, 4) is 0 Å². The highest BCUT2D eigenvalue weighted by Gasteiger charge is 2.22. The Hall–Kier alpha value is -0.940. The first kappa shape index (κ1) is 15.1. The van der Waals surface area contributed by atoms with Crippen LogP contribution in [0.4, 0.5) is 4.39 Å². The molecule has 0 amide bonds. The lowest BCUT2D eigenvalue weighted by atomic mass is 9.98. The van der Waals surface area contributed by atoms with E-state index in [-0.39, 0.29) is 22.8 Å². The number of hydrogen-bond acceptors (Lipinski definition) is 3. The monoisotopic (exact) mass is 318 g/mol. The van der Waals surface area contributed by atoms with E-state index in [0.717, 1.165) is 0 Å². The summed E-state index contributed by atoms with van der Waals surface area (Å²) in [5.74, 6) is -1.15. The highest BCUT2D eigenvalue weighted by Crippen LogP contribution is 2.29. The molecular formula is C13H16BrFO3. The zero-order valence-corrected chi connectivity index (χ0v) is 12.1. The minimum atomic E-state index is -1.39. The molecule has 0 radical (unpaired) electrons. The number of aliphatic hydroxyl groups is 1. The molecule has 1 aromatic carbocycles. The smallest absolute Gasteiger partial charge is 0.339 e. The van der Waals surface area contributed by atoms with Crippen molar-refractivity contribution >= 4 is 21.9 Å². The van der Waals surface area contributed by atoms with E-state index >= 15 is 0 Å². The van der Waals surface area contributed by atoms with Crippen LogP contribution in [0, 0.1) is 5.82 Å². The van der Waals surface area contributed by atoms with Gasteiger partial charge in [-0.3, -0.25) is 0 Å². The van der Waals surface area contributed by atoms with Gasteiger partial charge in [0.1, 0.15) is 5.82 Å². The number of benzene rings is 1. The predicted octanol–water partition coefficient (Wildman–Crippen LogP) is 3.31. The Kier molecular flexibility index (Phi) is 5.28. The summed E-state index contributed by atoms with van der Waals surface area (Å²) in [4.78, 5) is 11.4. The molecule has 0 aliphatic heterocycles. The van der Waals surface area contributed by atoms with Crippen LogP contribution in [0.1, 0.15) is 43.9 Å². The van der Waals surface area contributed by atoms with Crippen molar-refractivity contribution in [3.05, 3.63) is 33.5 Å². The second kappa shape index (κ2) is 6.29. The van der Waals surface area contributed by atoms with E-state index in [9.17, 15) is 14.3 Å². The lowest BCUT2D eigenvalue weighted by Crippen LogP contribution is -2.16. The maximum atomic E-state index is 13.8. The average Bonchev–Trinajstić information content (AvgIpc) is 2.31. The number of carbonyl (C=O) groups excluding carboxylic acids is 1. The fourth-order valence-electron chi connectivity index (χ4n) is 1.57. The van der Waals surface area contributed by atoms with Gasteiger partial charge in [0.2, 0.25) is 0 Å². The van der Waals surface area contributed by atoms with E-state index in [1.54, 1.807) is 6.92 Å². The van der Waals surface area contributed by atoms with E-state index in [1.807, 2.05) is 13.8 Å². The number of ether oxygens (including phenoxy) is 1. The number of carbonyl (C=O) groups is 1. The van der Waals surface area contributed by atoms with E-state index in [1.165, 1.54) is 12.1 Å². The topological polar surface area (TPSA) is 46.5 Å². The second-order valence-electron chi connectivity index (χ2n) is 4.22. The van der Waals surface area contributed by atoms with Crippen LogP contribution in [0.3, 0.4) is 0 Å². The van der Waals surface area contributed by atoms with Crippen LogP contribution in [0.15, 0.2) is 16.6 Å². The summed E-state index contributed by atoms with van der Waals surface area (Å²) in [5.41, 5.74) is 0.771. The van der Waals surface area contributed by atoms with Gasteiger partial charge in [0.05, 0.1) is 11.1 Å². The molecule has 5 heteroatoms. The molecule has 0 aromatic heterocycles. The molecule has 0 saturated carbocycles. The third-order valence-electron chi connectivity index (χ3n) is 2.53. The molecule has 0 spiro atoms. The average molecular weight is 319 g/mol. The third kappa shape index (κ3) is 3.29. The SMILES string of the molecule is CCOC(=O)C(O)c1cc(Br)c(F)c(C(C)C)c1. The summed E-state index contributed by atoms with van der Waals surface area (Å²) in [6.07, 6.45) is -1.39. The van der Waals surface area contributed by atoms with Crippen molar-refractivity contribution in [2.45, 2.75) is 32.8 Å². The van der Waals surface area contributed by atoms with Crippen LogP contribution in [-0.2, 0) is 9.53 Å². The number of rotatable bonds is 4. The van der Waals surface area contributed by atoms with Crippen LogP contribution in [0.2, 0.25) is 0 Å². The quantitative estimate of drug-likeness (QED) is 0.866. The molecule has 1 atom stereocenters. The molecule has 0 saturated heterocycles. The van der Waals surface area contributed by atoms with Crippen molar-refractivity contribution in [1.82, 2.24) is 0 Å². The van der Waals surface area contributed by atoms with E-state index in [4.69, 9.17) is 4.74 Å². The van der Waals surface area contributed by atoms with Gasteiger partial charge in [-0.25, -0.2) is 9.18 Å². The molecule has 0 fully saturated rings. The minimum absolute atomic E-state index is 0.0457. The summed E-state index contributed by atoms with van der Waals surface area (Å²) in [6.45, 7) is 5.52. The van der Waals surface area contributed by atoms with Gasteiger partial charge < -0.3 is 9.84 Å². The molecule has 0 bridgehead atoms. The normalized spacial score (nSPS) is 12.6. The highest BCUT2D eigenvalue weighted by atomic mass is 79.9. The number of aliphatic hydroxyl groups excluding tert-OH is 1. The van der Waals surface area contributed by atoms with Crippen LogP contribution in [0.25, 0.3) is 0 Å². The van der Waals surface area contributed by atoms with Gasteiger partial charge in [0, 0.05) is 0 Å². The van der Waals surface area contributed by atoms with Crippen LogP contribution < -0.4 is 0 Å². The zero-order chi connectivity index (χ0) is 13.9. The first-order chi connectivity index (χ1) is 8.38. The standard InChI is InChI=1S/C13H16BrFO3/c1-4-18-13(17)12(16)8-5-9(7(2)3)11(15)10(14)6-8/h5-7,12,16H,4H2,1-3H3. The third-order valence-corrected chi connectivity index (χ3v) is 3.10. The Morgan fingerprint density at radius 1 is 1.50 bits per heavy atom. The largest absolute Gasteiger partial charge is 0.464 e.